The van der Waals surface area contributed by atoms with Gasteiger partial charge in [0.2, 0.25) is 0 Å². The van der Waals surface area contributed by atoms with E-state index in [0.29, 0.717) is 5.88 Å². The van der Waals surface area contributed by atoms with Crippen molar-refractivity contribution in [2.75, 3.05) is 0 Å². The van der Waals surface area contributed by atoms with Gasteiger partial charge in [-0.05, 0) is 18.4 Å². The Morgan fingerprint density at radius 3 is 2.39 bits per heavy atom. The third kappa shape index (κ3) is 2.56. The van der Waals surface area contributed by atoms with Gasteiger partial charge in [-0.15, -0.1) is 21.8 Å². The molecule has 0 aliphatic heterocycles. The van der Waals surface area contributed by atoms with Crippen molar-refractivity contribution >= 4 is 11.6 Å². The summed E-state index contributed by atoms with van der Waals surface area (Å²) in [6, 6.07) is 8.49. The van der Waals surface area contributed by atoms with E-state index in [2.05, 4.69) is 52.9 Å². The molecule has 0 unspecified atom stereocenters. The molecule has 1 heterocycles. The van der Waals surface area contributed by atoms with Gasteiger partial charge in [0.05, 0.1) is 5.88 Å². The molecule has 2 rings (SSSR count). The minimum Gasteiger partial charge on any atom is -0.310 e. The smallest absolute Gasteiger partial charge is 0.163 e. The van der Waals surface area contributed by atoms with E-state index in [-0.39, 0.29) is 0 Å². The van der Waals surface area contributed by atoms with Gasteiger partial charge in [-0.2, -0.15) is 0 Å². The molecule has 0 aliphatic carbocycles. The number of nitrogens with zero attached hydrogens (tertiary/aromatic N) is 3. The number of benzene rings is 1. The van der Waals surface area contributed by atoms with Crippen molar-refractivity contribution in [1.82, 2.24) is 14.8 Å². The fourth-order valence-corrected chi connectivity index (χ4v) is 2.19. The Labute approximate surface area is 113 Å². The second-order valence-corrected chi connectivity index (χ2v) is 4.54. The van der Waals surface area contributed by atoms with Crippen molar-refractivity contribution in [2.24, 2.45) is 0 Å². The highest BCUT2D eigenvalue weighted by molar-refractivity contribution is 6.16. The van der Waals surface area contributed by atoms with Crippen molar-refractivity contribution in [3.05, 3.63) is 35.7 Å². The molecule has 1 aromatic carbocycles. The molecule has 1 aromatic heterocycles. The Morgan fingerprint density at radius 1 is 1.11 bits per heavy atom. The van der Waals surface area contributed by atoms with Crippen LogP contribution in [0.3, 0.4) is 0 Å². The third-order valence-corrected chi connectivity index (χ3v) is 3.25. The van der Waals surface area contributed by atoms with Crippen LogP contribution in [-0.4, -0.2) is 14.8 Å². The fraction of sp³-hybridized carbons (Fsp3) is 0.429. The molecule has 0 aliphatic rings. The van der Waals surface area contributed by atoms with E-state index in [1.54, 1.807) is 0 Å². The Kier molecular flexibility index (Phi) is 4.37. The summed E-state index contributed by atoms with van der Waals surface area (Å²) in [5.74, 6) is 2.16. The predicted octanol–water partition coefficient (Wildman–Crippen LogP) is 3.66. The first-order chi connectivity index (χ1) is 8.80. The summed E-state index contributed by atoms with van der Waals surface area (Å²) in [5.41, 5.74) is 2.43. The number of aromatic nitrogens is 3. The zero-order valence-corrected chi connectivity index (χ0v) is 11.6. The topological polar surface area (TPSA) is 30.7 Å². The third-order valence-electron chi connectivity index (χ3n) is 3.01. The quantitative estimate of drug-likeness (QED) is 0.771. The first-order valence-electron chi connectivity index (χ1n) is 6.37. The SMILES string of the molecule is CCCn1c(CCl)nnc1-c1ccc(CC)cc1. The molecule has 2 aromatic rings. The molecular formula is C14H18ClN3. The van der Waals surface area contributed by atoms with Gasteiger partial charge in [0.25, 0.3) is 0 Å². The lowest BCUT2D eigenvalue weighted by Crippen LogP contribution is -2.03. The van der Waals surface area contributed by atoms with Crippen LogP contribution in [0.4, 0.5) is 0 Å². The molecule has 0 N–H and O–H groups in total. The number of halogens is 1. The Morgan fingerprint density at radius 2 is 1.83 bits per heavy atom. The lowest BCUT2D eigenvalue weighted by atomic mass is 10.1. The van der Waals surface area contributed by atoms with Gasteiger partial charge in [0.15, 0.2) is 5.82 Å². The van der Waals surface area contributed by atoms with E-state index in [1.807, 2.05) is 0 Å². The summed E-state index contributed by atoms with van der Waals surface area (Å²) >= 11 is 5.89. The average Bonchev–Trinajstić information content (AvgIpc) is 2.82. The highest BCUT2D eigenvalue weighted by Gasteiger charge is 2.12. The van der Waals surface area contributed by atoms with Crippen LogP contribution in [0.1, 0.15) is 31.7 Å². The summed E-state index contributed by atoms with van der Waals surface area (Å²) in [5, 5.41) is 8.41. The van der Waals surface area contributed by atoms with Crippen LogP contribution in [-0.2, 0) is 18.8 Å². The molecule has 4 heteroatoms. The van der Waals surface area contributed by atoms with E-state index in [0.717, 1.165) is 36.6 Å². The molecular weight excluding hydrogens is 246 g/mol. The first-order valence-corrected chi connectivity index (χ1v) is 6.91. The van der Waals surface area contributed by atoms with E-state index >= 15 is 0 Å². The summed E-state index contributed by atoms with van der Waals surface area (Å²) in [4.78, 5) is 0. The van der Waals surface area contributed by atoms with Gasteiger partial charge < -0.3 is 4.57 Å². The molecule has 0 bridgehead atoms. The molecule has 96 valence electrons. The molecule has 0 radical (unpaired) electrons. The minimum absolute atomic E-state index is 0.403. The summed E-state index contributed by atoms with van der Waals surface area (Å²) in [6.45, 7) is 5.20. The van der Waals surface area contributed by atoms with E-state index < -0.39 is 0 Å². The lowest BCUT2D eigenvalue weighted by Gasteiger charge is -2.08. The van der Waals surface area contributed by atoms with Gasteiger partial charge in [-0.25, -0.2) is 0 Å². The largest absolute Gasteiger partial charge is 0.310 e. The Hall–Kier alpha value is -1.35. The van der Waals surface area contributed by atoms with Crippen LogP contribution in [0, 0.1) is 0 Å². The maximum Gasteiger partial charge on any atom is 0.163 e. The summed E-state index contributed by atoms with van der Waals surface area (Å²) in [6.07, 6.45) is 2.09. The maximum absolute atomic E-state index is 5.89. The van der Waals surface area contributed by atoms with Crippen molar-refractivity contribution in [3.63, 3.8) is 0 Å². The van der Waals surface area contributed by atoms with Crippen LogP contribution in [0.5, 0.6) is 0 Å². The van der Waals surface area contributed by atoms with Crippen molar-refractivity contribution in [2.45, 2.75) is 39.1 Å². The molecule has 3 nitrogen and oxygen atoms in total. The van der Waals surface area contributed by atoms with Crippen molar-refractivity contribution in [3.8, 4) is 11.4 Å². The number of hydrogen-bond donors (Lipinski definition) is 0. The van der Waals surface area contributed by atoms with Crippen LogP contribution in [0.15, 0.2) is 24.3 Å². The molecule has 0 atom stereocenters. The zero-order valence-electron chi connectivity index (χ0n) is 10.9. The van der Waals surface area contributed by atoms with Crippen LogP contribution < -0.4 is 0 Å². The first kappa shape index (κ1) is 13.1. The number of alkyl halides is 1. The highest BCUT2D eigenvalue weighted by atomic mass is 35.5. The van der Waals surface area contributed by atoms with Gasteiger partial charge in [-0.3, -0.25) is 0 Å². The lowest BCUT2D eigenvalue weighted by molar-refractivity contribution is 0.659. The standard InChI is InChI=1S/C14H18ClN3/c1-3-9-18-13(10-15)16-17-14(18)12-7-5-11(4-2)6-8-12/h5-8H,3-4,9-10H2,1-2H3. The normalized spacial score (nSPS) is 10.8. The second kappa shape index (κ2) is 6.01. The van der Waals surface area contributed by atoms with E-state index in [4.69, 9.17) is 11.6 Å². The van der Waals surface area contributed by atoms with Gasteiger partial charge in [0, 0.05) is 12.1 Å². The molecule has 18 heavy (non-hydrogen) atoms. The van der Waals surface area contributed by atoms with Crippen LogP contribution in [0.2, 0.25) is 0 Å². The fourth-order valence-electron chi connectivity index (χ4n) is 2.00. The monoisotopic (exact) mass is 263 g/mol. The Bertz CT molecular complexity index is 502. The van der Waals surface area contributed by atoms with Crippen molar-refractivity contribution < 1.29 is 0 Å². The van der Waals surface area contributed by atoms with Gasteiger partial charge in [0.1, 0.15) is 5.82 Å². The minimum atomic E-state index is 0.403. The molecule has 0 saturated carbocycles. The molecule has 0 fully saturated rings. The maximum atomic E-state index is 5.89. The second-order valence-electron chi connectivity index (χ2n) is 4.28. The molecule has 0 amide bonds. The number of rotatable bonds is 5. The van der Waals surface area contributed by atoms with Crippen LogP contribution >= 0.6 is 11.6 Å². The number of aryl methyl sites for hydroxylation is 1. The predicted molar refractivity (Wildman–Crippen MR) is 74.7 cm³/mol. The van der Waals surface area contributed by atoms with E-state index in [1.165, 1.54) is 5.56 Å². The zero-order chi connectivity index (χ0) is 13.0. The van der Waals surface area contributed by atoms with Gasteiger partial charge in [-0.1, -0.05) is 38.1 Å². The van der Waals surface area contributed by atoms with Crippen molar-refractivity contribution in [1.29, 1.82) is 0 Å². The molecule has 0 saturated heterocycles. The number of hydrogen-bond acceptors (Lipinski definition) is 2. The van der Waals surface area contributed by atoms with Gasteiger partial charge >= 0.3 is 0 Å². The summed E-state index contributed by atoms with van der Waals surface area (Å²) < 4.78 is 2.11. The van der Waals surface area contributed by atoms with E-state index in [9.17, 15) is 0 Å². The van der Waals surface area contributed by atoms with Crippen LogP contribution in [0.25, 0.3) is 11.4 Å². The molecule has 0 spiro atoms. The summed E-state index contributed by atoms with van der Waals surface area (Å²) in [7, 11) is 0. The average molecular weight is 264 g/mol. The Balaban J connectivity index is 2.39. The highest BCUT2D eigenvalue weighted by Crippen LogP contribution is 2.20.